The van der Waals surface area contributed by atoms with Gasteiger partial charge in [-0.15, -0.1) is 0 Å². The molecule has 2 rings (SSSR count). The maximum Gasteiger partial charge on any atom is 0.238 e. The van der Waals surface area contributed by atoms with Crippen molar-refractivity contribution in [3.05, 3.63) is 35.6 Å². The topological polar surface area (TPSA) is 32.3 Å². The van der Waals surface area contributed by atoms with E-state index < -0.39 is 0 Å². The molecule has 4 heteroatoms. The second-order valence-corrected chi connectivity index (χ2v) is 3.93. The van der Waals surface area contributed by atoms with Crippen molar-refractivity contribution in [2.75, 3.05) is 13.1 Å². The van der Waals surface area contributed by atoms with Crippen LogP contribution in [-0.2, 0) is 4.79 Å². The van der Waals surface area contributed by atoms with Gasteiger partial charge in [0, 0.05) is 6.54 Å². The average Bonchev–Trinajstić information content (AvgIpc) is 2.61. The summed E-state index contributed by atoms with van der Waals surface area (Å²) in [6, 6.07) is 6.38. The fourth-order valence-corrected chi connectivity index (χ4v) is 2.01. The van der Waals surface area contributed by atoms with Gasteiger partial charge in [-0.1, -0.05) is 19.1 Å². The van der Waals surface area contributed by atoms with Crippen LogP contribution in [-0.4, -0.2) is 23.9 Å². The van der Waals surface area contributed by atoms with Crippen molar-refractivity contribution in [2.45, 2.75) is 19.5 Å². The van der Waals surface area contributed by atoms with Gasteiger partial charge in [0.15, 0.2) is 0 Å². The molecule has 0 saturated carbocycles. The molecule has 1 aromatic rings. The van der Waals surface area contributed by atoms with E-state index in [4.69, 9.17) is 0 Å². The number of carbonyl (C=O) groups excluding carboxylic acids is 1. The monoisotopic (exact) mass is 222 g/mol. The van der Waals surface area contributed by atoms with Crippen molar-refractivity contribution in [2.24, 2.45) is 0 Å². The third-order valence-electron chi connectivity index (χ3n) is 2.71. The molecule has 1 heterocycles. The number of benzene rings is 1. The van der Waals surface area contributed by atoms with E-state index in [9.17, 15) is 9.18 Å². The second-order valence-electron chi connectivity index (χ2n) is 3.93. The highest BCUT2D eigenvalue weighted by molar-refractivity contribution is 5.80. The quantitative estimate of drug-likeness (QED) is 0.843. The number of halogens is 1. The van der Waals surface area contributed by atoms with Crippen molar-refractivity contribution >= 4 is 5.91 Å². The Morgan fingerprint density at radius 3 is 3.06 bits per heavy atom. The Hall–Kier alpha value is -1.42. The zero-order chi connectivity index (χ0) is 11.5. The first kappa shape index (κ1) is 11.1. The standard InChI is InChI=1S/C12H15FN2O/c1-2-6-15-11(16)8-14-12(15)9-4-3-5-10(13)7-9/h3-5,7,12,14H,2,6,8H2,1H3. The number of rotatable bonds is 3. The van der Waals surface area contributed by atoms with Crippen LogP contribution >= 0.6 is 0 Å². The summed E-state index contributed by atoms with van der Waals surface area (Å²) in [5, 5.41) is 3.09. The van der Waals surface area contributed by atoms with Crippen molar-refractivity contribution in [1.29, 1.82) is 0 Å². The van der Waals surface area contributed by atoms with Crippen LogP contribution in [0.3, 0.4) is 0 Å². The molecule has 0 spiro atoms. The van der Waals surface area contributed by atoms with Crippen LogP contribution in [0.2, 0.25) is 0 Å². The van der Waals surface area contributed by atoms with Gasteiger partial charge >= 0.3 is 0 Å². The summed E-state index contributed by atoms with van der Waals surface area (Å²) in [7, 11) is 0. The molecule has 1 atom stereocenters. The minimum atomic E-state index is -0.268. The van der Waals surface area contributed by atoms with Crippen LogP contribution in [0.4, 0.5) is 4.39 Å². The van der Waals surface area contributed by atoms with E-state index in [1.54, 1.807) is 11.0 Å². The van der Waals surface area contributed by atoms with Crippen molar-refractivity contribution in [3.8, 4) is 0 Å². The number of hydrogen-bond acceptors (Lipinski definition) is 2. The van der Waals surface area contributed by atoms with E-state index in [0.29, 0.717) is 13.1 Å². The lowest BCUT2D eigenvalue weighted by Gasteiger charge is -2.24. The van der Waals surface area contributed by atoms with Gasteiger partial charge in [0.05, 0.1) is 6.54 Å². The number of nitrogens with zero attached hydrogens (tertiary/aromatic N) is 1. The summed E-state index contributed by atoms with van der Waals surface area (Å²) in [6.45, 7) is 3.06. The largest absolute Gasteiger partial charge is 0.322 e. The van der Waals surface area contributed by atoms with E-state index in [1.165, 1.54) is 12.1 Å². The van der Waals surface area contributed by atoms with E-state index >= 15 is 0 Å². The Morgan fingerprint density at radius 1 is 1.56 bits per heavy atom. The molecular formula is C12H15FN2O. The molecule has 1 N–H and O–H groups in total. The maximum absolute atomic E-state index is 13.1. The SMILES string of the molecule is CCCN1C(=O)CNC1c1cccc(F)c1. The molecule has 1 aromatic carbocycles. The molecule has 16 heavy (non-hydrogen) atoms. The third-order valence-corrected chi connectivity index (χ3v) is 2.71. The lowest BCUT2D eigenvalue weighted by atomic mass is 10.1. The molecule has 1 amide bonds. The zero-order valence-electron chi connectivity index (χ0n) is 9.24. The molecule has 1 unspecified atom stereocenters. The van der Waals surface area contributed by atoms with Crippen LogP contribution in [0.15, 0.2) is 24.3 Å². The zero-order valence-corrected chi connectivity index (χ0v) is 9.24. The molecule has 1 aliphatic rings. The molecule has 1 aliphatic heterocycles. The lowest BCUT2D eigenvalue weighted by molar-refractivity contribution is -0.128. The molecule has 1 fully saturated rings. The summed E-state index contributed by atoms with van der Waals surface area (Å²) in [6.07, 6.45) is 0.724. The van der Waals surface area contributed by atoms with Gasteiger partial charge in [-0.25, -0.2) is 4.39 Å². The molecule has 0 radical (unpaired) electrons. The highest BCUT2D eigenvalue weighted by Gasteiger charge is 2.30. The molecule has 1 saturated heterocycles. The highest BCUT2D eigenvalue weighted by Crippen LogP contribution is 2.22. The highest BCUT2D eigenvalue weighted by atomic mass is 19.1. The van der Waals surface area contributed by atoms with Gasteiger partial charge < -0.3 is 4.90 Å². The van der Waals surface area contributed by atoms with Crippen LogP contribution in [0.1, 0.15) is 25.1 Å². The normalized spacial score (nSPS) is 20.5. The van der Waals surface area contributed by atoms with Crippen LogP contribution < -0.4 is 5.32 Å². The van der Waals surface area contributed by atoms with E-state index in [1.807, 2.05) is 13.0 Å². The van der Waals surface area contributed by atoms with E-state index in [0.717, 1.165) is 12.0 Å². The van der Waals surface area contributed by atoms with E-state index in [-0.39, 0.29) is 17.9 Å². The summed E-state index contributed by atoms with van der Waals surface area (Å²) < 4.78 is 13.1. The molecule has 0 aromatic heterocycles. The Morgan fingerprint density at radius 2 is 2.38 bits per heavy atom. The van der Waals surface area contributed by atoms with Gasteiger partial charge in [-0.2, -0.15) is 0 Å². The predicted molar refractivity (Wildman–Crippen MR) is 59.1 cm³/mol. The first-order chi connectivity index (χ1) is 7.72. The molecular weight excluding hydrogens is 207 g/mol. The summed E-state index contributed by atoms with van der Waals surface area (Å²) in [4.78, 5) is 13.4. The Labute approximate surface area is 94.3 Å². The smallest absolute Gasteiger partial charge is 0.238 e. The minimum Gasteiger partial charge on any atom is -0.322 e. The second kappa shape index (κ2) is 4.61. The van der Waals surface area contributed by atoms with Gasteiger partial charge in [0.1, 0.15) is 12.0 Å². The Balaban J connectivity index is 2.23. The van der Waals surface area contributed by atoms with Gasteiger partial charge in [0.2, 0.25) is 5.91 Å². The average molecular weight is 222 g/mol. The third kappa shape index (κ3) is 2.07. The van der Waals surface area contributed by atoms with Crippen molar-refractivity contribution < 1.29 is 9.18 Å². The predicted octanol–water partition coefficient (Wildman–Crippen LogP) is 1.67. The van der Waals surface area contributed by atoms with Crippen molar-refractivity contribution in [1.82, 2.24) is 10.2 Å². The summed E-state index contributed by atoms with van der Waals surface area (Å²) in [5.74, 6) is -0.189. The Kier molecular flexibility index (Phi) is 3.19. The fourth-order valence-electron chi connectivity index (χ4n) is 2.01. The molecule has 3 nitrogen and oxygen atoms in total. The van der Waals surface area contributed by atoms with E-state index in [2.05, 4.69) is 5.32 Å². The molecule has 86 valence electrons. The van der Waals surface area contributed by atoms with Crippen LogP contribution in [0, 0.1) is 5.82 Å². The minimum absolute atomic E-state index is 0.0797. The first-order valence-corrected chi connectivity index (χ1v) is 5.50. The summed E-state index contributed by atoms with van der Waals surface area (Å²) >= 11 is 0. The molecule has 0 aliphatic carbocycles. The number of carbonyl (C=O) groups is 1. The fraction of sp³-hybridized carbons (Fsp3) is 0.417. The number of nitrogens with one attached hydrogen (secondary N) is 1. The maximum atomic E-state index is 13.1. The lowest BCUT2D eigenvalue weighted by Crippen LogP contribution is -2.30. The van der Waals surface area contributed by atoms with Gasteiger partial charge in [-0.3, -0.25) is 10.1 Å². The Bertz CT molecular complexity index is 394. The number of hydrogen-bond donors (Lipinski definition) is 1. The summed E-state index contributed by atoms with van der Waals surface area (Å²) in [5.41, 5.74) is 0.805. The van der Waals surface area contributed by atoms with Crippen LogP contribution in [0.5, 0.6) is 0 Å². The van der Waals surface area contributed by atoms with Gasteiger partial charge in [0.25, 0.3) is 0 Å². The first-order valence-electron chi connectivity index (χ1n) is 5.50. The van der Waals surface area contributed by atoms with Crippen molar-refractivity contribution in [3.63, 3.8) is 0 Å². The van der Waals surface area contributed by atoms with Gasteiger partial charge in [-0.05, 0) is 24.1 Å². The van der Waals surface area contributed by atoms with Crippen LogP contribution in [0.25, 0.3) is 0 Å². The number of amides is 1. The molecule has 0 bridgehead atoms.